The van der Waals surface area contributed by atoms with Gasteiger partial charge in [0.1, 0.15) is 5.75 Å². The summed E-state index contributed by atoms with van der Waals surface area (Å²) >= 11 is 1.22. The van der Waals surface area contributed by atoms with Gasteiger partial charge < -0.3 is 14.5 Å². The minimum absolute atomic E-state index is 0.165. The molecule has 1 aromatic heterocycles. The van der Waals surface area contributed by atoms with E-state index in [0.717, 1.165) is 5.56 Å². The fourth-order valence-electron chi connectivity index (χ4n) is 2.31. The summed E-state index contributed by atoms with van der Waals surface area (Å²) in [5.41, 5.74) is 1.72. The van der Waals surface area contributed by atoms with Crippen LogP contribution in [0.5, 0.6) is 5.75 Å². The lowest BCUT2D eigenvalue weighted by molar-refractivity contribution is -0.115. The van der Waals surface area contributed by atoms with Crippen molar-refractivity contribution in [1.29, 1.82) is 0 Å². The third-order valence-corrected chi connectivity index (χ3v) is 4.59. The maximum Gasteiger partial charge on any atom is 0.277 e. The molecule has 0 aliphatic rings. The minimum Gasteiger partial charge on any atom is -0.495 e. The SMILES string of the molecule is COc1ccccc1NC(=O)[C@@H](C)Sc1nnc(Cc2ccccc2)o1. The van der Waals surface area contributed by atoms with Crippen LogP contribution in [0.1, 0.15) is 18.4 Å². The van der Waals surface area contributed by atoms with Gasteiger partial charge in [-0.2, -0.15) is 0 Å². The van der Waals surface area contributed by atoms with Crippen molar-refractivity contribution in [2.45, 2.75) is 23.8 Å². The number of para-hydroxylation sites is 2. The molecule has 0 saturated heterocycles. The molecule has 0 radical (unpaired) electrons. The predicted molar refractivity (Wildman–Crippen MR) is 100 cm³/mol. The van der Waals surface area contributed by atoms with Crippen LogP contribution in [0.3, 0.4) is 0 Å². The van der Waals surface area contributed by atoms with Gasteiger partial charge in [-0.05, 0) is 24.6 Å². The highest BCUT2D eigenvalue weighted by molar-refractivity contribution is 8.00. The number of nitrogens with one attached hydrogen (secondary N) is 1. The van der Waals surface area contributed by atoms with E-state index in [1.807, 2.05) is 42.5 Å². The summed E-state index contributed by atoms with van der Waals surface area (Å²) in [6.07, 6.45) is 0.566. The van der Waals surface area contributed by atoms with Gasteiger partial charge in [0.2, 0.25) is 11.8 Å². The van der Waals surface area contributed by atoms with E-state index in [-0.39, 0.29) is 5.91 Å². The number of aromatic nitrogens is 2. The second-order valence-corrected chi connectivity index (χ2v) is 6.87. The average molecular weight is 369 g/mol. The number of benzene rings is 2. The Morgan fingerprint density at radius 2 is 1.88 bits per heavy atom. The molecule has 0 spiro atoms. The Bertz CT molecular complexity index is 867. The normalized spacial score (nSPS) is 11.8. The van der Waals surface area contributed by atoms with Crippen LogP contribution in [0.15, 0.2) is 64.2 Å². The van der Waals surface area contributed by atoms with E-state index in [1.165, 1.54) is 11.8 Å². The van der Waals surface area contributed by atoms with E-state index >= 15 is 0 Å². The van der Waals surface area contributed by atoms with Gasteiger partial charge in [-0.25, -0.2) is 0 Å². The van der Waals surface area contributed by atoms with E-state index < -0.39 is 5.25 Å². The molecule has 0 saturated carbocycles. The van der Waals surface area contributed by atoms with E-state index in [4.69, 9.17) is 9.15 Å². The van der Waals surface area contributed by atoms with E-state index in [1.54, 1.807) is 26.2 Å². The number of amides is 1. The zero-order valence-electron chi connectivity index (χ0n) is 14.5. The molecule has 1 amide bonds. The molecule has 0 aliphatic carbocycles. The Balaban J connectivity index is 1.59. The molecule has 1 N–H and O–H groups in total. The number of nitrogens with zero attached hydrogens (tertiary/aromatic N) is 2. The Morgan fingerprint density at radius 3 is 2.65 bits per heavy atom. The van der Waals surface area contributed by atoms with Gasteiger partial charge in [-0.1, -0.05) is 54.2 Å². The van der Waals surface area contributed by atoms with E-state index in [0.29, 0.717) is 29.0 Å². The molecule has 1 heterocycles. The van der Waals surface area contributed by atoms with Crippen molar-refractivity contribution in [3.63, 3.8) is 0 Å². The van der Waals surface area contributed by atoms with Crippen LogP contribution < -0.4 is 10.1 Å². The number of rotatable bonds is 7. The van der Waals surface area contributed by atoms with E-state index in [2.05, 4.69) is 15.5 Å². The molecule has 0 bridgehead atoms. The summed E-state index contributed by atoms with van der Waals surface area (Å²) in [5.74, 6) is 0.972. The van der Waals surface area contributed by atoms with E-state index in [9.17, 15) is 4.79 Å². The van der Waals surface area contributed by atoms with Crippen LogP contribution in [0.25, 0.3) is 0 Å². The Morgan fingerprint density at radius 1 is 1.15 bits per heavy atom. The van der Waals surface area contributed by atoms with Crippen molar-refractivity contribution in [1.82, 2.24) is 10.2 Å². The highest BCUT2D eigenvalue weighted by Gasteiger charge is 2.19. The lowest BCUT2D eigenvalue weighted by Gasteiger charge is -2.12. The van der Waals surface area contributed by atoms with Crippen molar-refractivity contribution >= 4 is 23.4 Å². The van der Waals surface area contributed by atoms with Gasteiger partial charge in [-0.15, -0.1) is 10.2 Å². The van der Waals surface area contributed by atoms with Crippen LogP contribution in [-0.2, 0) is 11.2 Å². The zero-order valence-corrected chi connectivity index (χ0v) is 15.3. The van der Waals surface area contributed by atoms with Crippen molar-refractivity contribution < 1.29 is 13.9 Å². The Labute approximate surface area is 156 Å². The molecule has 0 unspecified atom stereocenters. The highest BCUT2D eigenvalue weighted by Crippen LogP contribution is 2.27. The first-order valence-corrected chi connectivity index (χ1v) is 9.00. The topological polar surface area (TPSA) is 77.2 Å². The first kappa shape index (κ1) is 18.0. The van der Waals surface area contributed by atoms with Gasteiger partial charge in [0.15, 0.2) is 0 Å². The molecular formula is C19H19N3O3S. The molecule has 2 aromatic carbocycles. The molecule has 0 aliphatic heterocycles. The summed E-state index contributed by atoms with van der Waals surface area (Å²) in [5, 5.41) is 10.9. The minimum atomic E-state index is -0.398. The largest absolute Gasteiger partial charge is 0.495 e. The smallest absolute Gasteiger partial charge is 0.277 e. The van der Waals surface area contributed by atoms with Gasteiger partial charge in [0.25, 0.3) is 5.22 Å². The zero-order chi connectivity index (χ0) is 18.4. The number of hydrogen-bond acceptors (Lipinski definition) is 6. The molecule has 7 heteroatoms. The molecule has 134 valence electrons. The lowest BCUT2D eigenvalue weighted by Crippen LogP contribution is -2.22. The quantitative estimate of drug-likeness (QED) is 0.639. The average Bonchev–Trinajstić information content (AvgIpc) is 3.09. The summed E-state index contributed by atoms with van der Waals surface area (Å²) in [7, 11) is 1.57. The summed E-state index contributed by atoms with van der Waals surface area (Å²) in [6, 6.07) is 17.2. The van der Waals surface area contributed by atoms with Crippen molar-refractivity contribution in [2.24, 2.45) is 0 Å². The number of carbonyl (C=O) groups excluding carboxylic acids is 1. The second-order valence-electron chi connectivity index (χ2n) is 5.57. The van der Waals surface area contributed by atoms with Crippen LogP contribution in [0.4, 0.5) is 5.69 Å². The monoisotopic (exact) mass is 369 g/mol. The number of carbonyl (C=O) groups is 1. The number of methoxy groups -OCH3 is 1. The molecule has 26 heavy (non-hydrogen) atoms. The third-order valence-electron chi connectivity index (χ3n) is 3.66. The second kappa shape index (κ2) is 8.53. The lowest BCUT2D eigenvalue weighted by atomic mass is 10.2. The molecule has 3 aromatic rings. The van der Waals surface area contributed by atoms with Crippen molar-refractivity contribution in [3.05, 3.63) is 66.1 Å². The van der Waals surface area contributed by atoms with Crippen molar-refractivity contribution in [3.8, 4) is 5.75 Å². The summed E-state index contributed by atoms with van der Waals surface area (Å²) in [6.45, 7) is 1.79. The maximum absolute atomic E-state index is 12.4. The first-order valence-electron chi connectivity index (χ1n) is 8.12. The van der Waals surface area contributed by atoms with Gasteiger partial charge >= 0.3 is 0 Å². The van der Waals surface area contributed by atoms with Gasteiger partial charge in [0.05, 0.1) is 24.5 Å². The first-order chi connectivity index (χ1) is 12.7. The third kappa shape index (κ3) is 4.64. The van der Waals surface area contributed by atoms with Crippen molar-refractivity contribution in [2.75, 3.05) is 12.4 Å². The molecular weight excluding hydrogens is 350 g/mol. The summed E-state index contributed by atoms with van der Waals surface area (Å²) < 4.78 is 10.9. The van der Waals surface area contributed by atoms with Crippen LogP contribution >= 0.6 is 11.8 Å². The Hall–Kier alpha value is -2.80. The standard InChI is InChI=1S/C19H19N3O3S/c1-13(18(23)20-15-10-6-7-11-16(15)24-2)26-19-22-21-17(25-19)12-14-8-4-3-5-9-14/h3-11,13H,12H2,1-2H3,(H,20,23)/t13-/m1/s1. The molecule has 3 rings (SSSR count). The molecule has 1 atom stereocenters. The number of anilines is 1. The van der Waals surface area contributed by atoms with Crippen LogP contribution in [0, 0.1) is 0 Å². The number of thioether (sulfide) groups is 1. The molecule has 6 nitrogen and oxygen atoms in total. The van der Waals surface area contributed by atoms with Crippen LogP contribution in [0.2, 0.25) is 0 Å². The number of ether oxygens (including phenoxy) is 1. The molecule has 0 fully saturated rings. The fraction of sp³-hybridized carbons (Fsp3) is 0.211. The highest BCUT2D eigenvalue weighted by atomic mass is 32.2. The maximum atomic E-state index is 12.4. The predicted octanol–water partition coefficient (Wildman–Crippen LogP) is 3.79. The fourth-order valence-corrected chi connectivity index (χ4v) is 3.02. The number of hydrogen-bond donors (Lipinski definition) is 1. The Kier molecular flexibility index (Phi) is 5.91. The summed E-state index contributed by atoms with van der Waals surface area (Å²) in [4.78, 5) is 12.4. The van der Waals surface area contributed by atoms with Gasteiger partial charge in [-0.3, -0.25) is 4.79 Å². The van der Waals surface area contributed by atoms with Crippen LogP contribution in [-0.4, -0.2) is 28.5 Å². The van der Waals surface area contributed by atoms with Gasteiger partial charge in [0, 0.05) is 0 Å².